The largest absolute Gasteiger partial charge is 0.409 e. The molecule has 0 radical (unpaired) electrons. The average molecular weight is 465 g/mol. The molecule has 0 N–H and O–H groups in total. The summed E-state index contributed by atoms with van der Waals surface area (Å²) in [6.07, 6.45) is 0. The number of hydrogen-bond donors (Lipinski definition) is 0. The fourth-order valence-corrected chi connectivity index (χ4v) is 4.92. The molecule has 0 amide bonds. The van der Waals surface area contributed by atoms with Crippen molar-refractivity contribution in [2.24, 2.45) is 0 Å². The molecule has 0 spiro atoms. The highest BCUT2D eigenvalue weighted by Crippen LogP contribution is 2.24. The van der Waals surface area contributed by atoms with Crippen molar-refractivity contribution < 1.29 is 17.2 Å². The molecular formula is C21H25FN4O3S2. The van der Waals surface area contributed by atoms with Crippen molar-refractivity contribution in [2.75, 3.05) is 20.1 Å². The Bertz CT molecular complexity index is 1200. The number of aromatic nitrogens is 2. The first-order valence-electron chi connectivity index (χ1n) is 9.86. The topological polar surface area (TPSA) is 71.6 Å². The van der Waals surface area contributed by atoms with Crippen LogP contribution in [0.4, 0.5) is 4.39 Å². The molecule has 3 rings (SSSR count). The van der Waals surface area contributed by atoms with Crippen molar-refractivity contribution in [3.05, 3.63) is 64.7 Å². The van der Waals surface area contributed by atoms with Crippen molar-refractivity contribution in [2.45, 2.75) is 32.0 Å². The molecule has 0 aliphatic carbocycles. The van der Waals surface area contributed by atoms with E-state index in [1.54, 1.807) is 38.1 Å². The van der Waals surface area contributed by atoms with E-state index in [1.807, 2.05) is 18.0 Å². The van der Waals surface area contributed by atoms with E-state index in [4.69, 9.17) is 16.6 Å². The molecule has 0 unspecified atom stereocenters. The lowest BCUT2D eigenvalue weighted by atomic mass is 10.2. The van der Waals surface area contributed by atoms with Crippen LogP contribution < -0.4 is 0 Å². The third-order valence-electron chi connectivity index (χ3n) is 4.75. The van der Waals surface area contributed by atoms with E-state index in [1.165, 1.54) is 27.2 Å². The Labute approximate surface area is 186 Å². The van der Waals surface area contributed by atoms with Gasteiger partial charge in [-0.1, -0.05) is 32.0 Å². The van der Waals surface area contributed by atoms with Crippen LogP contribution in [0.3, 0.4) is 0 Å². The quantitative estimate of drug-likeness (QED) is 0.444. The highest BCUT2D eigenvalue weighted by Gasteiger charge is 2.22. The number of rotatable bonds is 9. The third kappa shape index (κ3) is 5.45. The SMILES string of the molecule is CCN(CC)S(=O)(=O)c1cccc(-c2nn(CN(C)Cc3cccc(F)c3)c(=S)o2)c1. The summed E-state index contributed by atoms with van der Waals surface area (Å²) >= 11 is 5.28. The van der Waals surface area contributed by atoms with Crippen LogP contribution in [0.15, 0.2) is 57.8 Å². The fourth-order valence-electron chi connectivity index (χ4n) is 3.24. The van der Waals surface area contributed by atoms with Gasteiger partial charge >= 0.3 is 0 Å². The first-order chi connectivity index (χ1) is 14.7. The van der Waals surface area contributed by atoms with Crippen LogP contribution in [0.2, 0.25) is 0 Å². The Balaban J connectivity index is 1.81. The summed E-state index contributed by atoms with van der Waals surface area (Å²) in [7, 11) is -1.74. The highest BCUT2D eigenvalue weighted by atomic mass is 32.2. The molecule has 3 aromatic rings. The Morgan fingerprint density at radius 3 is 2.52 bits per heavy atom. The second-order valence-electron chi connectivity index (χ2n) is 7.08. The minimum absolute atomic E-state index is 0.165. The molecule has 1 aromatic heterocycles. The van der Waals surface area contributed by atoms with Crippen molar-refractivity contribution >= 4 is 22.2 Å². The minimum Gasteiger partial charge on any atom is -0.409 e. The molecule has 2 aromatic carbocycles. The molecule has 0 aliphatic rings. The van der Waals surface area contributed by atoms with E-state index in [9.17, 15) is 12.8 Å². The van der Waals surface area contributed by atoms with Crippen LogP contribution in [0.5, 0.6) is 0 Å². The van der Waals surface area contributed by atoms with Gasteiger partial charge in [-0.25, -0.2) is 17.5 Å². The van der Waals surface area contributed by atoms with Crippen LogP contribution in [0, 0.1) is 10.7 Å². The first kappa shape index (κ1) is 23.3. The maximum atomic E-state index is 13.4. The predicted molar refractivity (Wildman–Crippen MR) is 119 cm³/mol. The fraction of sp³-hybridized carbons (Fsp3) is 0.333. The summed E-state index contributed by atoms with van der Waals surface area (Å²) in [6.45, 7) is 5.19. The molecule has 1 heterocycles. The third-order valence-corrected chi connectivity index (χ3v) is 7.09. The van der Waals surface area contributed by atoms with Gasteiger partial charge in [0.05, 0.1) is 11.6 Å². The Morgan fingerprint density at radius 2 is 1.84 bits per heavy atom. The van der Waals surface area contributed by atoms with Gasteiger partial charge in [-0.05, 0) is 55.2 Å². The summed E-state index contributed by atoms with van der Waals surface area (Å²) in [5.74, 6) is -0.0495. The lowest BCUT2D eigenvalue weighted by Crippen LogP contribution is -2.30. The summed E-state index contributed by atoms with van der Waals surface area (Å²) in [6, 6.07) is 12.9. The van der Waals surface area contributed by atoms with E-state index in [2.05, 4.69) is 5.10 Å². The second-order valence-corrected chi connectivity index (χ2v) is 9.36. The standard InChI is InChI=1S/C21H25FN4O3S2/c1-4-25(5-2)31(27,28)19-11-7-9-17(13-19)20-23-26(21(30)29-20)15-24(3)14-16-8-6-10-18(22)12-16/h6-13H,4-5,14-15H2,1-3H3. The number of halogens is 1. The average Bonchev–Trinajstić information content (AvgIpc) is 3.09. The van der Waals surface area contributed by atoms with Crippen molar-refractivity contribution in [3.8, 4) is 11.5 Å². The zero-order valence-electron chi connectivity index (χ0n) is 17.7. The zero-order valence-corrected chi connectivity index (χ0v) is 19.3. The van der Waals surface area contributed by atoms with Crippen LogP contribution in [0.1, 0.15) is 19.4 Å². The zero-order chi connectivity index (χ0) is 22.6. The molecule has 31 heavy (non-hydrogen) atoms. The predicted octanol–water partition coefficient (Wildman–Crippen LogP) is 4.13. The van der Waals surface area contributed by atoms with Crippen molar-refractivity contribution in [3.63, 3.8) is 0 Å². The van der Waals surface area contributed by atoms with Crippen LogP contribution in [0.25, 0.3) is 11.5 Å². The lowest BCUT2D eigenvalue weighted by Gasteiger charge is -2.18. The minimum atomic E-state index is -3.60. The van der Waals surface area contributed by atoms with E-state index in [-0.39, 0.29) is 21.4 Å². The maximum Gasteiger partial charge on any atom is 0.288 e. The van der Waals surface area contributed by atoms with E-state index in [0.717, 1.165) is 5.56 Å². The smallest absolute Gasteiger partial charge is 0.288 e. The lowest BCUT2D eigenvalue weighted by molar-refractivity contribution is 0.240. The Hall–Kier alpha value is -2.40. The Morgan fingerprint density at radius 1 is 1.13 bits per heavy atom. The number of benzene rings is 2. The molecule has 0 atom stereocenters. The molecule has 0 bridgehead atoms. The first-order valence-corrected chi connectivity index (χ1v) is 11.7. The van der Waals surface area contributed by atoms with Crippen molar-refractivity contribution in [1.82, 2.24) is 19.0 Å². The molecule has 7 nitrogen and oxygen atoms in total. The van der Waals surface area contributed by atoms with Gasteiger partial charge in [0.25, 0.3) is 4.84 Å². The van der Waals surface area contributed by atoms with Crippen molar-refractivity contribution in [1.29, 1.82) is 0 Å². The summed E-state index contributed by atoms with van der Waals surface area (Å²) in [5, 5.41) is 4.41. The van der Waals surface area contributed by atoms with E-state index < -0.39 is 10.0 Å². The number of hydrogen-bond acceptors (Lipinski definition) is 6. The summed E-state index contributed by atoms with van der Waals surface area (Å²) in [4.78, 5) is 2.25. The van der Waals surface area contributed by atoms with Gasteiger partial charge < -0.3 is 4.42 Å². The van der Waals surface area contributed by atoms with Gasteiger partial charge in [-0.2, -0.15) is 4.31 Å². The number of nitrogens with zero attached hydrogens (tertiary/aromatic N) is 4. The van der Waals surface area contributed by atoms with Crippen LogP contribution in [-0.4, -0.2) is 47.5 Å². The summed E-state index contributed by atoms with van der Waals surface area (Å²) in [5.41, 5.74) is 1.35. The molecule has 0 aliphatic heterocycles. The van der Waals surface area contributed by atoms with E-state index >= 15 is 0 Å². The van der Waals surface area contributed by atoms with Gasteiger partial charge in [0.2, 0.25) is 15.9 Å². The van der Waals surface area contributed by atoms with Crippen LogP contribution in [-0.2, 0) is 23.2 Å². The molecule has 10 heteroatoms. The molecule has 166 valence electrons. The normalized spacial score (nSPS) is 12.1. The molecule has 0 saturated heterocycles. The highest BCUT2D eigenvalue weighted by molar-refractivity contribution is 7.89. The Kier molecular flexibility index (Phi) is 7.37. The summed E-state index contributed by atoms with van der Waals surface area (Å²) < 4.78 is 47.5. The number of sulfonamides is 1. The van der Waals surface area contributed by atoms with Gasteiger partial charge in [0.15, 0.2) is 0 Å². The second kappa shape index (κ2) is 9.82. The van der Waals surface area contributed by atoms with Gasteiger partial charge in [0, 0.05) is 25.2 Å². The van der Waals surface area contributed by atoms with Crippen LogP contribution >= 0.6 is 12.2 Å². The monoisotopic (exact) mass is 464 g/mol. The van der Waals surface area contributed by atoms with Gasteiger partial charge in [0.1, 0.15) is 5.82 Å². The molecular weight excluding hydrogens is 439 g/mol. The van der Waals surface area contributed by atoms with E-state index in [0.29, 0.717) is 31.9 Å². The van der Waals surface area contributed by atoms with Gasteiger partial charge in [-0.15, -0.1) is 5.10 Å². The molecule has 0 fully saturated rings. The molecule has 0 saturated carbocycles. The maximum absolute atomic E-state index is 13.4. The van der Waals surface area contributed by atoms with Gasteiger partial charge in [-0.3, -0.25) is 4.90 Å².